The van der Waals surface area contributed by atoms with E-state index in [0.717, 1.165) is 5.56 Å². The molecular weight excluding hydrogens is 422 g/mol. The molecule has 0 aliphatic rings. The molecule has 0 radical (unpaired) electrons. The average Bonchev–Trinajstić information content (AvgIpc) is 2.73. The maximum atomic E-state index is 13.6. The molecule has 30 heavy (non-hydrogen) atoms. The minimum absolute atomic E-state index is 0.110. The van der Waals surface area contributed by atoms with E-state index in [4.69, 9.17) is 16.3 Å². The monoisotopic (exact) mass is 443 g/mol. The minimum atomic E-state index is -3.92. The summed E-state index contributed by atoms with van der Waals surface area (Å²) < 4.78 is 33.6. The van der Waals surface area contributed by atoms with Crippen LogP contribution in [0, 0.1) is 6.92 Å². The van der Waals surface area contributed by atoms with Crippen LogP contribution in [0.2, 0.25) is 5.02 Å². The van der Waals surface area contributed by atoms with Crippen molar-refractivity contribution in [1.29, 1.82) is 0 Å². The molecular formula is C23H22ClNO4S. The summed E-state index contributed by atoms with van der Waals surface area (Å²) in [5.41, 5.74) is 2.10. The highest BCUT2D eigenvalue weighted by Crippen LogP contribution is 2.31. The van der Waals surface area contributed by atoms with Gasteiger partial charge in [-0.3, -0.25) is 4.31 Å². The molecule has 0 spiro atoms. The van der Waals surface area contributed by atoms with Crippen LogP contribution in [-0.2, 0) is 21.3 Å². The zero-order chi connectivity index (χ0) is 21.7. The lowest BCUT2D eigenvalue weighted by molar-refractivity contribution is 0.0525. The van der Waals surface area contributed by atoms with Crippen LogP contribution in [0.5, 0.6) is 0 Å². The number of carbonyl (C=O) groups is 1. The standard InChI is InChI=1S/C23H22ClNO4S/c1-3-29-23(26)21-10-7-11-22(17(21)2)25(16-18-8-5-4-6-9-18)30(27,28)20-14-12-19(24)13-15-20/h4-15H,3,16H2,1-2H3. The van der Waals surface area contributed by atoms with E-state index in [1.807, 2.05) is 30.3 Å². The van der Waals surface area contributed by atoms with E-state index in [2.05, 4.69) is 0 Å². The molecule has 3 aromatic rings. The zero-order valence-electron chi connectivity index (χ0n) is 16.7. The molecule has 0 saturated carbocycles. The number of hydrogen-bond acceptors (Lipinski definition) is 4. The predicted molar refractivity (Wildman–Crippen MR) is 118 cm³/mol. The van der Waals surface area contributed by atoms with E-state index in [-0.39, 0.29) is 18.0 Å². The highest BCUT2D eigenvalue weighted by atomic mass is 35.5. The molecule has 0 N–H and O–H groups in total. The molecule has 3 aromatic carbocycles. The molecule has 3 rings (SSSR count). The third-order valence-corrected chi connectivity index (χ3v) is 6.67. The lowest BCUT2D eigenvalue weighted by Crippen LogP contribution is -2.31. The number of carbonyl (C=O) groups excluding carboxylic acids is 1. The molecule has 0 unspecified atom stereocenters. The van der Waals surface area contributed by atoms with Gasteiger partial charge >= 0.3 is 5.97 Å². The summed E-state index contributed by atoms with van der Waals surface area (Å²) in [6, 6.07) is 20.3. The van der Waals surface area contributed by atoms with Gasteiger partial charge in [0.2, 0.25) is 0 Å². The molecule has 0 bridgehead atoms. The van der Waals surface area contributed by atoms with Gasteiger partial charge in [0, 0.05) is 5.02 Å². The highest BCUT2D eigenvalue weighted by Gasteiger charge is 2.28. The van der Waals surface area contributed by atoms with Crippen molar-refractivity contribution in [2.24, 2.45) is 0 Å². The molecule has 0 heterocycles. The van der Waals surface area contributed by atoms with Crippen LogP contribution < -0.4 is 4.31 Å². The lowest BCUT2D eigenvalue weighted by Gasteiger charge is -2.27. The first kappa shape index (κ1) is 21.9. The molecule has 0 atom stereocenters. The summed E-state index contributed by atoms with van der Waals surface area (Å²) in [7, 11) is -3.92. The Morgan fingerprint density at radius 2 is 1.63 bits per heavy atom. The summed E-state index contributed by atoms with van der Waals surface area (Å²) in [6.07, 6.45) is 0. The molecule has 7 heteroatoms. The van der Waals surface area contributed by atoms with Crippen molar-refractivity contribution in [2.75, 3.05) is 10.9 Å². The molecule has 0 fully saturated rings. The van der Waals surface area contributed by atoms with Crippen molar-refractivity contribution in [2.45, 2.75) is 25.3 Å². The number of hydrogen-bond donors (Lipinski definition) is 0. The van der Waals surface area contributed by atoms with Gasteiger partial charge in [-0.15, -0.1) is 0 Å². The van der Waals surface area contributed by atoms with Crippen molar-refractivity contribution in [1.82, 2.24) is 0 Å². The largest absolute Gasteiger partial charge is 0.462 e. The van der Waals surface area contributed by atoms with Gasteiger partial charge < -0.3 is 4.74 Å². The Labute approximate surface area is 181 Å². The second-order valence-corrected chi connectivity index (χ2v) is 8.92. The van der Waals surface area contributed by atoms with E-state index in [1.54, 1.807) is 32.0 Å². The molecule has 0 aliphatic carbocycles. The van der Waals surface area contributed by atoms with E-state index in [1.165, 1.54) is 28.6 Å². The van der Waals surface area contributed by atoms with Crippen LogP contribution in [-0.4, -0.2) is 21.0 Å². The minimum Gasteiger partial charge on any atom is -0.462 e. The summed E-state index contributed by atoms with van der Waals surface area (Å²) in [5.74, 6) is -0.486. The fourth-order valence-electron chi connectivity index (χ4n) is 3.11. The molecule has 156 valence electrons. The van der Waals surface area contributed by atoms with Gasteiger partial charge in [0.05, 0.1) is 29.3 Å². The number of nitrogens with zero attached hydrogens (tertiary/aromatic N) is 1. The van der Waals surface area contributed by atoms with Crippen molar-refractivity contribution in [3.8, 4) is 0 Å². The third kappa shape index (κ3) is 4.66. The van der Waals surface area contributed by atoms with Crippen molar-refractivity contribution >= 4 is 33.3 Å². The first-order chi connectivity index (χ1) is 14.3. The Balaban J connectivity index is 2.14. The first-order valence-corrected chi connectivity index (χ1v) is 11.3. The number of benzene rings is 3. The van der Waals surface area contributed by atoms with Gasteiger partial charge in [0.25, 0.3) is 10.0 Å². The normalized spacial score (nSPS) is 11.2. The Morgan fingerprint density at radius 1 is 0.967 bits per heavy atom. The molecule has 0 aromatic heterocycles. The topological polar surface area (TPSA) is 63.7 Å². The van der Waals surface area contributed by atoms with Crippen LogP contribution >= 0.6 is 11.6 Å². The van der Waals surface area contributed by atoms with Crippen molar-refractivity contribution in [3.05, 3.63) is 94.5 Å². The van der Waals surface area contributed by atoms with Crippen molar-refractivity contribution < 1.29 is 17.9 Å². The molecule has 0 aliphatic heterocycles. The maximum Gasteiger partial charge on any atom is 0.338 e. The fourth-order valence-corrected chi connectivity index (χ4v) is 4.74. The second kappa shape index (κ2) is 9.32. The van der Waals surface area contributed by atoms with E-state index < -0.39 is 16.0 Å². The van der Waals surface area contributed by atoms with Crippen molar-refractivity contribution in [3.63, 3.8) is 0 Å². The Kier molecular flexibility index (Phi) is 6.80. The van der Waals surface area contributed by atoms with Gasteiger partial charge in [-0.05, 0) is 61.4 Å². The second-order valence-electron chi connectivity index (χ2n) is 6.62. The van der Waals surface area contributed by atoms with Crippen LogP contribution in [0.3, 0.4) is 0 Å². The number of ether oxygens (including phenoxy) is 1. The average molecular weight is 444 g/mol. The van der Waals surface area contributed by atoms with Crippen LogP contribution in [0.15, 0.2) is 77.7 Å². The predicted octanol–water partition coefficient (Wildman–Crippen LogP) is 5.22. The first-order valence-electron chi connectivity index (χ1n) is 9.43. The highest BCUT2D eigenvalue weighted by molar-refractivity contribution is 7.92. The van der Waals surface area contributed by atoms with Crippen LogP contribution in [0.1, 0.15) is 28.4 Å². The summed E-state index contributed by atoms with van der Waals surface area (Å²) >= 11 is 5.94. The number of anilines is 1. The SMILES string of the molecule is CCOC(=O)c1cccc(N(Cc2ccccc2)S(=O)(=O)c2ccc(Cl)cc2)c1C. The summed E-state index contributed by atoms with van der Waals surface area (Å²) in [5, 5.41) is 0.448. The van der Waals surface area contributed by atoms with E-state index in [0.29, 0.717) is 21.8 Å². The Morgan fingerprint density at radius 3 is 2.27 bits per heavy atom. The fraction of sp³-hybridized carbons (Fsp3) is 0.174. The molecule has 5 nitrogen and oxygen atoms in total. The van der Waals surface area contributed by atoms with Crippen LogP contribution in [0.25, 0.3) is 0 Å². The Hall–Kier alpha value is -2.83. The van der Waals surface area contributed by atoms with Gasteiger partial charge in [-0.2, -0.15) is 0 Å². The smallest absolute Gasteiger partial charge is 0.338 e. The van der Waals surface area contributed by atoms with Gasteiger partial charge in [-0.1, -0.05) is 48.0 Å². The Bertz CT molecular complexity index is 1130. The number of sulfonamides is 1. The third-order valence-electron chi connectivity index (χ3n) is 4.64. The van der Waals surface area contributed by atoms with Gasteiger partial charge in [-0.25, -0.2) is 13.2 Å². The maximum absolute atomic E-state index is 13.6. The van der Waals surface area contributed by atoms with E-state index >= 15 is 0 Å². The van der Waals surface area contributed by atoms with Gasteiger partial charge in [0.1, 0.15) is 0 Å². The number of esters is 1. The zero-order valence-corrected chi connectivity index (χ0v) is 18.3. The number of halogens is 1. The summed E-state index contributed by atoms with van der Waals surface area (Å²) in [4.78, 5) is 12.5. The molecule has 0 amide bonds. The lowest BCUT2D eigenvalue weighted by atomic mass is 10.1. The van der Waals surface area contributed by atoms with E-state index in [9.17, 15) is 13.2 Å². The number of rotatable bonds is 7. The summed E-state index contributed by atoms with van der Waals surface area (Å²) in [6.45, 7) is 3.79. The van der Waals surface area contributed by atoms with Gasteiger partial charge in [0.15, 0.2) is 0 Å². The van der Waals surface area contributed by atoms with Crippen LogP contribution in [0.4, 0.5) is 5.69 Å². The molecule has 0 saturated heterocycles. The quantitative estimate of drug-likeness (QED) is 0.469.